The summed E-state index contributed by atoms with van der Waals surface area (Å²) in [4.78, 5) is 25.9. The van der Waals surface area contributed by atoms with Gasteiger partial charge in [-0.05, 0) is 44.2 Å². The molecule has 8 nitrogen and oxygen atoms in total. The van der Waals surface area contributed by atoms with Crippen LogP contribution in [-0.2, 0) is 4.79 Å². The second kappa shape index (κ2) is 16.4. The lowest BCUT2D eigenvalue weighted by Gasteiger charge is -2.12. The lowest BCUT2D eigenvalue weighted by atomic mass is 10.1. The topological polar surface area (TPSA) is 137 Å². The molecule has 0 aliphatic carbocycles. The van der Waals surface area contributed by atoms with Gasteiger partial charge >= 0.3 is 5.97 Å². The fraction of sp³-hybridized carbons (Fsp3) is 0.455. The standard InChI is InChI=1S/C33H42O8/c1-2-3-4-5-6-7-8-9-10-11-12-13-14-15-16-17-29(38)41-33-31(39)30-27(37)21-24(35)22-28(30)40-32(33)25-19-18-23(34)20-26(25)36/h9-10,18-22,34-37H,2-8,11-17H2,1H3/b10-9-. The van der Waals surface area contributed by atoms with Crippen molar-refractivity contribution in [2.75, 3.05) is 0 Å². The Bertz CT molecular complexity index is 1370. The maximum Gasteiger partial charge on any atom is 0.311 e. The molecular weight excluding hydrogens is 524 g/mol. The molecule has 0 atom stereocenters. The molecule has 3 rings (SSSR count). The van der Waals surface area contributed by atoms with Crippen LogP contribution in [0.5, 0.6) is 28.7 Å². The number of hydrogen-bond acceptors (Lipinski definition) is 8. The Morgan fingerprint density at radius 2 is 1.39 bits per heavy atom. The Balaban J connectivity index is 1.51. The smallest absolute Gasteiger partial charge is 0.311 e. The first-order chi connectivity index (χ1) is 19.8. The van der Waals surface area contributed by atoms with Gasteiger partial charge in [0.2, 0.25) is 11.2 Å². The van der Waals surface area contributed by atoms with Gasteiger partial charge in [-0.15, -0.1) is 0 Å². The molecule has 0 spiro atoms. The number of allylic oxidation sites excluding steroid dienone is 2. The van der Waals surface area contributed by atoms with Gasteiger partial charge in [-0.25, -0.2) is 0 Å². The summed E-state index contributed by atoms with van der Waals surface area (Å²) < 4.78 is 11.2. The maximum atomic E-state index is 13.3. The average molecular weight is 567 g/mol. The molecule has 0 bridgehead atoms. The summed E-state index contributed by atoms with van der Waals surface area (Å²) in [5.41, 5.74) is -0.996. The summed E-state index contributed by atoms with van der Waals surface area (Å²) in [7, 11) is 0. The quantitative estimate of drug-likeness (QED) is 0.0728. The van der Waals surface area contributed by atoms with Crippen molar-refractivity contribution in [2.24, 2.45) is 0 Å². The summed E-state index contributed by atoms with van der Waals surface area (Å²) in [5.74, 6) is -2.90. The van der Waals surface area contributed by atoms with Crippen molar-refractivity contribution < 1.29 is 34.4 Å². The van der Waals surface area contributed by atoms with Gasteiger partial charge in [0.05, 0.1) is 5.56 Å². The van der Waals surface area contributed by atoms with E-state index in [9.17, 15) is 30.0 Å². The van der Waals surface area contributed by atoms with Gasteiger partial charge in [-0.2, -0.15) is 0 Å². The van der Waals surface area contributed by atoms with Gasteiger partial charge in [-0.3, -0.25) is 9.59 Å². The highest BCUT2D eigenvalue weighted by molar-refractivity contribution is 5.90. The molecule has 3 aromatic rings. The number of phenolic OH excluding ortho intramolecular Hbond substituents is 4. The molecule has 1 heterocycles. The molecule has 222 valence electrons. The number of carbonyl (C=O) groups is 1. The van der Waals surface area contributed by atoms with E-state index in [2.05, 4.69) is 19.1 Å². The van der Waals surface area contributed by atoms with Crippen LogP contribution in [0.1, 0.15) is 96.8 Å². The Morgan fingerprint density at radius 1 is 0.780 bits per heavy atom. The van der Waals surface area contributed by atoms with Gasteiger partial charge in [-0.1, -0.05) is 70.4 Å². The average Bonchev–Trinajstić information content (AvgIpc) is 2.92. The van der Waals surface area contributed by atoms with Crippen molar-refractivity contribution >= 4 is 16.9 Å². The Kier molecular flexibility index (Phi) is 12.6. The van der Waals surface area contributed by atoms with Crippen molar-refractivity contribution in [1.82, 2.24) is 0 Å². The van der Waals surface area contributed by atoms with Crippen LogP contribution in [0.4, 0.5) is 0 Å². The highest BCUT2D eigenvalue weighted by Crippen LogP contribution is 2.40. The minimum Gasteiger partial charge on any atom is -0.508 e. The number of esters is 1. The number of carbonyl (C=O) groups excluding carboxylic acids is 1. The number of fused-ring (bicyclic) bond motifs is 1. The van der Waals surface area contributed by atoms with Crippen LogP contribution >= 0.6 is 0 Å². The van der Waals surface area contributed by atoms with Crippen LogP contribution in [0.25, 0.3) is 22.3 Å². The number of phenols is 4. The van der Waals surface area contributed by atoms with Gasteiger partial charge in [0.25, 0.3) is 0 Å². The lowest BCUT2D eigenvalue weighted by Crippen LogP contribution is -2.16. The van der Waals surface area contributed by atoms with E-state index in [4.69, 9.17) is 9.15 Å². The van der Waals surface area contributed by atoms with Crippen LogP contribution in [-0.4, -0.2) is 26.4 Å². The van der Waals surface area contributed by atoms with Crippen molar-refractivity contribution in [2.45, 2.75) is 96.8 Å². The maximum absolute atomic E-state index is 13.3. The molecule has 0 fully saturated rings. The highest BCUT2D eigenvalue weighted by Gasteiger charge is 2.24. The van der Waals surface area contributed by atoms with Crippen molar-refractivity contribution in [3.05, 3.63) is 52.7 Å². The fourth-order valence-corrected chi connectivity index (χ4v) is 4.76. The summed E-state index contributed by atoms with van der Waals surface area (Å²) in [6.07, 6.45) is 19.3. The van der Waals surface area contributed by atoms with E-state index in [0.717, 1.165) is 56.7 Å². The van der Waals surface area contributed by atoms with E-state index in [1.54, 1.807) is 0 Å². The summed E-state index contributed by atoms with van der Waals surface area (Å²) in [5, 5.41) is 39.8. The number of unbranched alkanes of at least 4 members (excludes halogenated alkanes) is 11. The molecule has 0 saturated carbocycles. The Hall–Kier alpha value is -3.94. The first-order valence-corrected chi connectivity index (χ1v) is 14.7. The predicted molar refractivity (Wildman–Crippen MR) is 160 cm³/mol. The number of ether oxygens (including phenoxy) is 1. The second-order valence-electron chi connectivity index (χ2n) is 10.4. The molecule has 0 radical (unpaired) electrons. The molecule has 0 aliphatic rings. The SMILES string of the molecule is CCCCCCCC/C=C\CCCCCCCC(=O)Oc1c(-c2ccc(O)cc2O)oc2cc(O)cc(O)c2c1=O. The third kappa shape index (κ3) is 9.59. The third-order valence-electron chi connectivity index (χ3n) is 7.00. The molecule has 0 amide bonds. The molecule has 4 N–H and O–H groups in total. The Labute approximate surface area is 240 Å². The van der Waals surface area contributed by atoms with E-state index < -0.39 is 28.6 Å². The largest absolute Gasteiger partial charge is 0.508 e. The molecule has 2 aromatic carbocycles. The van der Waals surface area contributed by atoms with Gasteiger partial charge in [0.15, 0.2) is 5.76 Å². The van der Waals surface area contributed by atoms with Crippen LogP contribution in [0.15, 0.2) is 51.7 Å². The zero-order valence-electron chi connectivity index (χ0n) is 23.9. The summed E-state index contributed by atoms with van der Waals surface area (Å²) in [6, 6.07) is 5.74. The zero-order valence-corrected chi connectivity index (χ0v) is 23.9. The minimum absolute atomic E-state index is 0.00606. The first-order valence-electron chi connectivity index (χ1n) is 14.7. The van der Waals surface area contributed by atoms with E-state index in [-0.39, 0.29) is 40.2 Å². The lowest BCUT2D eigenvalue weighted by molar-refractivity contribution is -0.134. The molecule has 0 saturated heterocycles. The normalized spacial score (nSPS) is 11.4. The fourth-order valence-electron chi connectivity index (χ4n) is 4.76. The van der Waals surface area contributed by atoms with Gasteiger partial charge < -0.3 is 29.6 Å². The monoisotopic (exact) mass is 566 g/mol. The van der Waals surface area contributed by atoms with Crippen LogP contribution in [0, 0.1) is 0 Å². The van der Waals surface area contributed by atoms with Crippen molar-refractivity contribution in [3.8, 4) is 40.1 Å². The molecule has 41 heavy (non-hydrogen) atoms. The van der Waals surface area contributed by atoms with Crippen LogP contribution < -0.4 is 10.2 Å². The van der Waals surface area contributed by atoms with E-state index in [0.29, 0.717) is 6.42 Å². The highest BCUT2D eigenvalue weighted by atomic mass is 16.5. The number of aromatic hydroxyl groups is 4. The molecular formula is C33H42O8. The number of rotatable bonds is 17. The predicted octanol–water partition coefficient (Wildman–Crippen LogP) is 8.23. The summed E-state index contributed by atoms with van der Waals surface area (Å²) >= 11 is 0. The Morgan fingerprint density at radius 3 is 2.05 bits per heavy atom. The second-order valence-corrected chi connectivity index (χ2v) is 10.4. The van der Waals surface area contributed by atoms with Crippen molar-refractivity contribution in [3.63, 3.8) is 0 Å². The number of benzene rings is 2. The van der Waals surface area contributed by atoms with Crippen LogP contribution in [0.2, 0.25) is 0 Å². The van der Waals surface area contributed by atoms with E-state index >= 15 is 0 Å². The van der Waals surface area contributed by atoms with Crippen LogP contribution in [0.3, 0.4) is 0 Å². The first kappa shape index (κ1) is 31.6. The zero-order chi connectivity index (χ0) is 29.6. The van der Waals surface area contributed by atoms with Gasteiger partial charge in [0.1, 0.15) is 34.0 Å². The molecule has 1 aromatic heterocycles. The van der Waals surface area contributed by atoms with Gasteiger partial charge in [0, 0.05) is 24.6 Å². The molecule has 0 unspecified atom stereocenters. The number of hydrogen-bond donors (Lipinski definition) is 4. The van der Waals surface area contributed by atoms with E-state index in [1.807, 2.05) is 0 Å². The third-order valence-corrected chi connectivity index (χ3v) is 7.00. The molecule has 8 heteroatoms. The minimum atomic E-state index is -0.830. The van der Waals surface area contributed by atoms with E-state index in [1.165, 1.54) is 50.7 Å². The molecule has 0 aliphatic heterocycles. The summed E-state index contributed by atoms with van der Waals surface area (Å²) in [6.45, 7) is 2.23. The van der Waals surface area contributed by atoms with Crippen molar-refractivity contribution in [1.29, 1.82) is 0 Å².